The third kappa shape index (κ3) is 12.8. The first-order valence-corrected chi connectivity index (χ1v) is 40.5. The van der Waals surface area contributed by atoms with Gasteiger partial charge in [0.15, 0.2) is 57.8 Å². The van der Waals surface area contributed by atoms with Crippen LogP contribution in [0.4, 0.5) is 0 Å². The van der Waals surface area contributed by atoms with E-state index in [1.165, 1.54) is 29.6 Å². The summed E-state index contributed by atoms with van der Waals surface area (Å²) >= 11 is 3.58. The van der Waals surface area contributed by atoms with Gasteiger partial charge in [-0.15, -0.1) is 22.7 Å². The first-order valence-electron chi connectivity index (χ1n) is 38.9. The van der Waals surface area contributed by atoms with Crippen molar-refractivity contribution in [2.75, 3.05) is 0 Å². The van der Waals surface area contributed by atoms with E-state index in [0.29, 0.717) is 57.8 Å². The van der Waals surface area contributed by atoms with Gasteiger partial charge >= 0.3 is 0 Å². The van der Waals surface area contributed by atoms with E-state index >= 15 is 0 Å². The van der Waals surface area contributed by atoms with Gasteiger partial charge in [-0.2, -0.15) is 0 Å². The average Bonchev–Trinajstić information content (AvgIpc) is 1.58. The molecule has 552 valence electrons. The van der Waals surface area contributed by atoms with Crippen molar-refractivity contribution in [2.45, 2.75) is 0 Å². The van der Waals surface area contributed by atoms with Gasteiger partial charge < -0.3 is 8.83 Å². The van der Waals surface area contributed by atoms with Crippen LogP contribution in [0.2, 0.25) is 0 Å². The average molecular weight is 1550 g/mol. The van der Waals surface area contributed by atoms with Crippen molar-refractivity contribution in [3.05, 3.63) is 376 Å². The number of fused-ring (bicyclic) bond motifs is 12. The van der Waals surface area contributed by atoms with Gasteiger partial charge in [0.05, 0.1) is 0 Å². The predicted octanol–water partition coefficient (Wildman–Crippen LogP) is 27.5. The maximum atomic E-state index is 6.49. The van der Waals surface area contributed by atoms with Gasteiger partial charge in [-0.25, -0.2) is 49.8 Å². The highest BCUT2D eigenvalue weighted by Gasteiger charge is 2.25. The molecule has 0 aliphatic rings. The number of aromatic nitrogens is 10. The maximum Gasteiger partial charge on any atom is 0.180 e. The van der Waals surface area contributed by atoms with Crippen LogP contribution in [-0.4, -0.2) is 49.8 Å². The van der Waals surface area contributed by atoms with Crippen molar-refractivity contribution in [2.24, 2.45) is 0 Å². The minimum absolute atomic E-state index is 0.629. The van der Waals surface area contributed by atoms with Crippen LogP contribution in [0.25, 0.3) is 231 Å². The molecule has 0 saturated carbocycles. The van der Waals surface area contributed by atoms with E-state index in [1.807, 2.05) is 194 Å². The van der Waals surface area contributed by atoms with Crippen molar-refractivity contribution < 1.29 is 8.83 Å². The topological polar surface area (TPSA) is 155 Å². The lowest BCUT2D eigenvalue weighted by molar-refractivity contribution is 0.667. The van der Waals surface area contributed by atoms with Gasteiger partial charge in [-0.3, -0.25) is 0 Å². The number of furan rings is 2. The van der Waals surface area contributed by atoms with Gasteiger partial charge in [-0.1, -0.05) is 309 Å². The second kappa shape index (κ2) is 29.5. The van der Waals surface area contributed by atoms with Crippen molar-refractivity contribution in [1.82, 2.24) is 49.8 Å². The quantitative estimate of drug-likeness (QED) is 0.108. The van der Waals surface area contributed by atoms with E-state index in [9.17, 15) is 0 Å². The molecule has 14 heteroatoms. The normalized spacial score (nSPS) is 11.6. The molecule has 0 bridgehead atoms. The molecule has 118 heavy (non-hydrogen) atoms. The molecule has 0 aliphatic heterocycles. The molecule has 23 rings (SSSR count). The molecule has 0 unspecified atom stereocenters. The third-order valence-corrected chi connectivity index (χ3v) is 23.8. The van der Waals surface area contributed by atoms with Crippen LogP contribution < -0.4 is 0 Å². The van der Waals surface area contributed by atoms with Crippen molar-refractivity contribution in [3.8, 4) is 147 Å². The number of hydrogen-bond acceptors (Lipinski definition) is 14. The highest BCUT2D eigenvalue weighted by molar-refractivity contribution is 7.26. The van der Waals surface area contributed by atoms with E-state index in [2.05, 4.69) is 182 Å². The minimum Gasteiger partial charge on any atom is -0.452 e. The molecule has 12 nitrogen and oxygen atoms in total. The lowest BCUT2D eigenvalue weighted by atomic mass is 9.97. The molecule has 8 aromatic heterocycles. The van der Waals surface area contributed by atoms with Crippen LogP contribution in [-0.2, 0) is 0 Å². The Bertz CT molecular complexity index is 7660. The highest BCUT2D eigenvalue weighted by atomic mass is 32.1. The minimum atomic E-state index is 0.629. The van der Waals surface area contributed by atoms with E-state index in [1.54, 1.807) is 22.7 Å². The Balaban J connectivity index is 0.000000143. The number of nitrogens with zero attached hydrogens (tertiary/aromatic N) is 10. The van der Waals surface area contributed by atoms with Gasteiger partial charge in [0.25, 0.3) is 0 Å². The molecule has 23 aromatic rings. The zero-order chi connectivity index (χ0) is 78.0. The van der Waals surface area contributed by atoms with E-state index in [0.717, 1.165) is 144 Å². The second-order valence-electron chi connectivity index (χ2n) is 28.9. The van der Waals surface area contributed by atoms with Crippen molar-refractivity contribution in [1.29, 1.82) is 0 Å². The maximum absolute atomic E-state index is 6.49. The van der Waals surface area contributed by atoms with Gasteiger partial charge in [0, 0.05) is 107 Å². The van der Waals surface area contributed by atoms with Crippen LogP contribution >= 0.6 is 22.7 Å². The molecule has 0 aliphatic carbocycles. The Morgan fingerprint density at radius 1 is 0.178 bits per heavy atom. The third-order valence-electron chi connectivity index (χ3n) is 21.5. The van der Waals surface area contributed by atoms with Gasteiger partial charge in [-0.05, 0) is 100 Å². The molecule has 0 saturated heterocycles. The Kier molecular flexibility index (Phi) is 17.3. The Morgan fingerprint density at radius 2 is 0.492 bits per heavy atom. The summed E-state index contributed by atoms with van der Waals surface area (Å²) in [7, 11) is 0. The largest absolute Gasteiger partial charge is 0.452 e. The molecular weight excluding hydrogens is 1490 g/mol. The van der Waals surface area contributed by atoms with Crippen LogP contribution in [0.5, 0.6) is 0 Å². The van der Waals surface area contributed by atoms with E-state index in [-0.39, 0.29) is 0 Å². The molecule has 15 aromatic carbocycles. The summed E-state index contributed by atoms with van der Waals surface area (Å²) in [4.78, 5) is 50.4. The highest BCUT2D eigenvalue weighted by Crippen LogP contribution is 2.46. The summed E-state index contributed by atoms with van der Waals surface area (Å²) in [5.74, 6) is 5.16. The summed E-state index contributed by atoms with van der Waals surface area (Å²) in [6, 6.07) is 129. The zero-order valence-electron chi connectivity index (χ0n) is 62.9. The fraction of sp³-hybridized carbons (Fsp3) is 0. The molecule has 0 fully saturated rings. The summed E-state index contributed by atoms with van der Waals surface area (Å²) < 4.78 is 17.8. The van der Waals surface area contributed by atoms with Crippen LogP contribution in [0.3, 0.4) is 0 Å². The summed E-state index contributed by atoms with van der Waals surface area (Å²) in [6.45, 7) is 0. The fourth-order valence-electron chi connectivity index (χ4n) is 15.8. The van der Waals surface area contributed by atoms with E-state index in [4.69, 9.17) is 58.7 Å². The second-order valence-corrected chi connectivity index (χ2v) is 31.0. The first kappa shape index (κ1) is 69.3. The molecule has 0 N–H and O–H groups in total. The number of hydrogen-bond donors (Lipinski definition) is 0. The SMILES string of the molecule is c1ccc(-c2cccc(-c3nc(-c4ccc(-c5ccc6sc7cccc(-c8nc(-c9ccccc9)nc(-c9ccccc9)n8)c7c6c5)cc4)c4oc5ccccc5c4n3)c2)cc1.c1ccc(-c2nc(-c3ccccc3)nc(-c3ccc(-c4cccc5sc6ccc(-c7nc(-c8ccccc8)nc8c7oc7ccccc78)cc6c45)cc3)n2)cc1. The molecule has 0 amide bonds. The number of para-hydroxylation sites is 2. The zero-order valence-corrected chi connectivity index (χ0v) is 64.5. The molecular formula is C104H62N10O2S2. The van der Waals surface area contributed by atoms with Crippen LogP contribution in [0.15, 0.2) is 385 Å². The predicted molar refractivity (Wildman–Crippen MR) is 482 cm³/mol. The standard InChI is InChI=1S/C55H33N5OS.C49H29N5OS/c1-4-14-34(15-5-1)39-20-12-21-41(32-39)54-56-49(51-50(57-54)42-22-10-11-24-45(42)61-51)36-28-26-35(27-29-36)40-30-31-46-44(33-40)48-43(23-13-25-47(48)62-46)55-59-52(37-16-6-2-7-17-37)58-53(60-55)38-18-8-3-9-19-38;1-4-13-31(14-5-1)46-50-43(45-44(51-46)37-19-10-11-21-39(37)55-45)35-27-28-40-38(29-35)42-36(20-12-22-41(42)56-40)30-23-25-34(26-24-30)49-53-47(32-15-6-2-7-16-32)52-48(54-49)33-17-8-3-9-18-33/h1-33H;1-29H. The molecule has 0 atom stereocenters. The van der Waals surface area contributed by atoms with Crippen molar-refractivity contribution >= 4 is 107 Å². The number of benzene rings is 15. The van der Waals surface area contributed by atoms with Crippen LogP contribution in [0.1, 0.15) is 0 Å². The molecule has 0 radical (unpaired) electrons. The van der Waals surface area contributed by atoms with E-state index < -0.39 is 0 Å². The molecule has 0 spiro atoms. The lowest BCUT2D eigenvalue weighted by Gasteiger charge is -2.10. The summed E-state index contributed by atoms with van der Waals surface area (Å²) in [6.07, 6.45) is 0. The summed E-state index contributed by atoms with van der Waals surface area (Å²) in [5.41, 5.74) is 22.3. The summed E-state index contributed by atoms with van der Waals surface area (Å²) in [5, 5.41) is 6.60. The monoisotopic (exact) mass is 1550 g/mol. The number of thiophene rings is 2. The van der Waals surface area contributed by atoms with Crippen LogP contribution in [0, 0.1) is 0 Å². The van der Waals surface area contributed by atoms with Gasteiger partial charge in [0.1, 0.15) is 33.6 Å². The lowest BCUT2D eigenvalue weighted by Crippen LogP contribution is -2.00. The van der Waals surface area contributed by atoms with Gasteiger partial charge in [0.2, 0.25) is 0 Å². The van der Waals surface area contributed by atoms with Crippen molar-refractivity contribution in [3.63, 3.8) is 0 Å². The first-order chi connectivity index (χ1) is 58.4. The molecule has 8 heterocycles. The fourth-order valence-corrected chi connectivity index (χ4v) is 18.0. The number of rotatable bonds is 13. The smallest absolute Gasteiger partial charge is 0.180 e. The Hall–Kier alpha value is -15.5. The Labute approximate surface area is 684 Å². The Morgan fingerprint density at radius 3 is 0.983 bits per heavy atom.